The van der Waals surface area contributed by atoms with Gasteiger partial charge in [0, 0.05) is 6.04 Å². The van der Waals surface area contributed by atoms with E-state index in [0.717, 1.165) is 18.1 Å². The molecule has 3 N–H and O–H groups in total. The lowest BCUT2D eigenvalue weighted by Gasteiger charge is -2.24. The summed E-state index contributed by atoms with van der Waals surface area (Å²) < 4.78 is 5.69. The normalized spacial score (nSPS) is 17.9. The lowest BCUT2D eigenvalue weighted by Crippen LogP contribution is -2.28. The fourth-order valence-corrected chi connectivity index (χ4v) is 3.28. The lowest BCUT2D eigenvalue weighted by atomic mass is 9.84. The van der Waals surface area contributed by atoms with Gasteiger partial charge in [-0.25, -0.2) is 0 Å². The van der Waals surface area contributed by atoms with E-state index in [9.17, 15) is 0 Å². The van der Waals surface area contributed by atoms with Gasteiger partial charge in [0.05, 0.1) is 6.10 Å². The van der Waals surface area contributed by atoms with E-state index in [4.69, 9.17) is 10.6 Å². The monoisotopic (exact) mass is 290 g/mol. The molecule has 1 atom stereocenters. The van der Waals surface area contributed by atoms with Crippen LogP contribution in [0.25, 0.3) is 0 Å². The summed E-state index contributed by atoms with van der Waals surface area (Å²) >= 11 is 0. The molecule has 0 aliphatic heterocycles. The molecule has 0 bridgehead atoms. The maximum Gasteiger partial charge on any atom is 0.119 e. The van der Waals surface area contributed by atoms with Crippen molar-refractivity contribution in [1.82, 2.24) is 5.43 Å². The number of rotatable bonds is 7. The quantitative estimate of drug-likeness (QED) is 0.580. The molecular weight excluding hydrogens is 260 g/mol. The summed E-state index contributed by atoms with van der Waals surface area (Å²) in [5.41, 5.74) is 4.23. The zero-order valence-corrected chi connectivity index (χ0v) is 13.5. The van der Waals surface area contributed by atoms with Gasteiger partial charge in [0.25, 0.3) is 0 Å². The highest BCUT2D eigenvalue weighted by atomic mass is 16.5. The number of hydrogen-bond acceptors (Lipinski definition) is 3. The largest absolute Gasteiger partial charge is 0.491 e. The molecule has 21 heavy (non-hydrogen) atoms. The molecule has 3 nitrogen and oxygen atoms in total. The Morgan fingerprint density at radius 1 is 1.14 bits per heavy atom. The second kappa shape index (κ2) is 8.40. The Bertz CT molecular complexity index is 396. The van der Waals surface area contributed by atoms with Gasteiger partial charge in [0.2, 0.25) is 0 Å². The second-order valence-electron chi connectivity index (χ2n) is 6.54. The summed E-state index contributed by atoms with van der Waals surface area (Å²) in [4.78, 5) is 0. The Morgan fingerprint density at radius 3 is 2.38 bits per heavy atom. The predicted molar refractivity (Wildman–Crippen MR) is 88.1 cm³/mol. The van der Waals surface area contributed by atoms with Gasteiger partial charge in [-0.15, -0.1) is 0 Å². The van der Waals surface area contributed by atoms with Crippen LogP contribution in [-0.2, 0) is 0 Å². The van der Waals surface area contributed by atoms with Crippen molar-refractivity contribution in [2.24, 2.45) is 11.8 Å². The molecule has 0 heterocycles. The molecule has 1 fully saturated rings. The fraction of sp³-hybridized carbons (Fsp3) is 0.667. The second-order valence-corrected chi connectivity index (χ2v) is 6.54. The average Bonchev–Trinajstić information content (AvgIpc) is 2.50. The van der Waals surface area contributed by atoms with Crippen LogP contribution < -0.4 is 16.0 Å². The predicted octanol–water partition coefficient (Wildman–Crippen LogP) is 4.34. The van der Waals surface area contributed by atoms with Gasteiger partial charge in [0.15, 0.2) is 0 Å². The first-order chi connectivity index (χ1) is 10.2. The Kier molecular flexibility index (Phi) is 6.52. The van der Waals surface area contributed by atoms with Crippen LogP contribution in [0.2, 0.25) is 0 Å². The minimum atomic E-state index is 0.214. The maximum atomic E-state index is 5.76. The molecule has 3 heteroatoms. The highest BCUT2D eigenvalue weighted by Crippen LogP contribution is 2.30. The molecule has 1 aromatic rings. The van der Waals surface area contributed by atoms with E-state index in [0.29, 0.717) is 0 Å². The van der Waals surface area contributed by atoms with Crippen LogP contribution in [-0.4, -0.2) is 6.10 Å². The molecular formula is C18H30N2O. The van der Waals surface area contributed by atoms with Gasteiger partial charge in [0.1, 0.15) is 5.75 Å². The summed E-state index contributed by atoms with van der Waals surface area (Å²) in [6, 6.07) is 8.59. The van der Waals surface area contributed by atoms with Gasteiger partial charge in [-0.05, 0) is 50.3 Å². The van der Waals surface area contributed by atoms with Crippen molar-refractivity contribution in [3.05, 3.63) is 29.8 Å². The topological polar surface area (TPSA) is 47.3 Å². The maximum absolute atomic E-state index is 5.76. The molecule has 118 valence electrons. The highest BCUT2D eigenvalue weighted by Gasteiger charge is 2.16. The molecule has 0 saturated heterocycles. The summed E-state index contributed by atoms with van der Waals surface area (Å²) in [6.45, 7) is 4.09. The molecule has 1 saturated carbocycles. The van der Waals surface area contributed by atoms with Crippen molar-refractivity contribution in [1.29, 1.82) is 0 Å². The number of hydrazine groups is 1. The minimum absolute atomic E-state index is 0.214. The first-order valence-electron chi connectivity index (χ1n) is 8.41. The Balaban J connectivity index is 1.87. The SMILES string of the molecule is CC(C)Oc1ccc(C(CCC2CCCCC2)NN)cc1. The Labute approximate surface area is 129 Å². The zero-order valence-electron chi connectivity index (χ0n) is 13.5. The van der Waals surface area contributed by atoms with Crippen molar-refractivity contribution in [3.8, 4) is 5.75 Å². The van der Waals surface area contributed by atoms with Crippen molar-refractivity contribution < 1.29 is 4.74 Å². The molecule has 1 aliphatic rings. The van der Waals surface area contributed by atoms with E-state index in [-0.39, 0.29) is 12.1 Å². The molecule has 1 aromatic carbocycles. The van der Waals surface area contributed by atoms with Gasteiger partial charge in [-0.2, -0.15) is 0 Å². The molecule has 0 radical (unpaired) electrons. The van der Waals surface area contributed by atoms with Gasteiger partial charge in [-0.1, -0.05) is 44.2 Å². The highest BCUT2D eigenvalue weighted by molar-refractivity contribution is 5.29. The van der Waals surface area contributed by atoms with E-state index in [1.54, 1.807) is 0 Å². The third-order valence-electron chi connectivity index (χ3n) is 4.44. The standard InChI is InChI=1S/C18H30N2O/c1-14(2)21-17-11-9-16(10-12-17)18(20-19)13-8-15-6-4-3-5-7-15/h9-12,14-15,18,20H,3-8,13,19H2,1-2H3. The third-order valence-corrected chi connectivity index (χ3v) is 4.44. The van der Waals surface area contributed by atoms with E-state index < -0.39 is 0 Å². The summed E-state index contributed by atoms with van der Waals surface area (Å²) in [7, 11) is 0. The Hall–Kier alpha value is -1.06. The lowest BCUT2D eigenvalue weighted by molar-refractivity contribution is 0.242. The number of nitrogens with one attached hydrogen (secondary N) is 1. The molecule has 1 unspecified atom stereocenters. The minimum Gasteiger partial charge on any atom is -0.491 e. The zero-order chi connectivity index (χ0) is 15.1. The van der Waals surface area contributed by atoms with E-state index >= 15 is 0 Å². The molecule has 0 aromatic heterocycles. The molecule has 1 aliphatic carbocycles. The van der Waals surface area contributed by atoms with Crippen molar-refractivity contribution >= 4 is 0 Å². The van der Waals surface area contributed by atoms with E-state index in [1.165, 1.54) is 44.1 Å². The van der Waals surface area contributed by atoms with Crippen LogP contribution in [0.4, 0.5) is 0 Å². The van der Waals surface area contributed by atoms with Crippen LogP contribution in [0, 0.1) is 5.92 Å². The van der Waals surface area contributed by atoms with Crippen molar-refractivity contribution in [2.45, 2.75) is 70.9 Å². The van der Waals surface area contributed by atoms with Gasteiger partial charge in [-0.3, -0.25) is 11.3 Å². The van der Waals surface area contributed by atoms with Crippen LogP contribution in [0.15, 0.2) is 24.3 Å². The van der Waals surface area contributed by atoms with Crippen LogP contribution in [0.5, 0.6) is 5.75 Å². The van der Waals surface area contributed by atoms with E-state index in [2.05, 4.69) is 17.6 Å². The fourth-order valence-electron chi connectivity index (χ4n) is 3.28. The first kappa shape index (κ1) is 16.3. The van der Waals surface area contributed by atoms with Gasteiger partial charge < -0.3 is 4.74 Å². The average molecular weight is 290 g/mol. The van der Waals surface area contributed by atoms with Crippen LogP contribution in [0.1, 0.15) is 70.4 Å². The number of hydrogen-bond donors (Lipinski definition) is 2. The number of nitrogens with two attached hydrogens (primary N) is 1. The van der Waals surface area contributed by atoms with E-state index in [1.807, 2.05) is 26.0 Å². The number of benzene rings is 1. The summed E-state index contributed by atoms with van der Waals surface area (Å²) in [5, 5.41) is 0. The third kappa shape index (κ3) is 5.33. The van der Waals surface area contributed by atoms with Crippen molar-refractivity contribution in [3.63, 3.8) is 0 Å². The summed E-state index contributed by atoms with van der Waals surface area (Å²) in [5.74, 6) is 7.59. The first-order valence-corrected chi connectivity index (χ1v) is 8.41. The van der Waals surface area contributed by atoms with Gasteiger partial charge >= 0.3 is 0 Å². The Morgan fingerprint density at radius 2 is 1.81 bits per heavy atom. The molecule has 0 spiro atoms. The number of ether oxygens (including phenoxy) is 1. The van der Waals surface area contributed by atoms with Crippen molar-refractivity contribution in [2.75, 3.05) is 0 Å². The van der Waals surface area contributed by atoms with Crippen LogP contribution in [0.3, 0.4) is 0 Å². The van der Waals surface area contributed by atoms with Crippen LogP contribution >= 0.6 is 0 Å². The molecule has 0 amide bonds. The molecule has 2 rings (SSSR count). The smallest absolute Gasteiger partial charge is 0.119 e. The summed E-state index contributed by atoms with van der Waals surface area (Å²) in [6.07, 6.45) is 9.65.